The minimum Gasteiger partial charge on any atom is -0.330 e. The first-order valence-corrected chi connectivity index (χ1v) is 6.92. The van der Waals surface area contributed by atoms with Gasteiger partial charge < -0.3 is 5.73 Å². The van der Waals surface area contributed by atoms with E-state index in [1.165, 1.54) is 33.6 Å². The number of nitrogens with zero attached hydrogens (tertiary/aromatic N) is 2. The van der Waals surface area contributed by atoms with E-state index < -0.39 is 0 Å². The number of aromatic nitrogens is 2. The van der Waals surface area contributed by atoms with E-state index in [0.717, 1.165) is 12.8 Å². The summed E-state index contributed by atoms with van der Waals surface area (Å²) in [6.07, 6.45) is 3.83. The van der Waals surface area contributed by atoms with E-state index in [2.05, 4.69) is 49.6 Å². The van der Waals surface area contributed by atoms with Gasteiger partial charge in [0.15, 0.2) is 0 Å². The molecule has 0 atom stereocenters. The lowest BCUT2D eigenvalue weighted by atomic mass is 10.0. The van der Waals surface area contributed by atoms with Crippen LogP contribution in [0.4, 0.5) is 0 Å². The molecular formula is C16H23N3. The highest BCUT2D eigenvalue weighted by molar-refractivity contribution is 5.50. The van der Waals surface area contributed by atoms with Crippen molar-refractivity contribution in [3.63, 3.8) is 0 Å². The van der Waals surface area contributed by atoms with Gasteiger partial charge in [0.2, 0.25) is 0 Å². The molecule has 0 fully saturated rings. The van der Waals surface area contributed by atoms with Crippen molar-refractivity contribution >= 4 is 0 Å². The Morgan fingerprint density at radius 3 is 2.32 bits per heavy atom. The molecule has 2 N–H and O–H groups in total. The second-order valence-electron chi connectivity index (χ2n) is 5.17. The maximum Gasteiger partial charge on any atom is 0.0707 e. The van der Waals surface area contributed by atoms with Gasteiger partial charge in [-0.15, -0.1) is 0 Å². The average Bonchev–Trinajstić information content (AvgIpc) is 2.71. The van der Waals surface area contributed by atoms with Crippen molar-refractivity contribution in [3.8, 4) is 5.69 Å². The second-order valence-corrected chi connectivity index (χ2v) is 5.17. The predicted molar refractivity (Wildman–Crippen MR) is 79.9 cm³/mol. The Bertz CT molecular complexity index is 559. The summed E-state index contributed by atoms with van der Waals surface area (Å²) in [6.45, 7) is 9.28. The summed E-state index contributed by atoms with van der Waals surface area (Å²) in [6, 6.07) is 4.43. The Balaban J connectivity index is 2.59. The summed E-state index contributed by atoms with van der Waals surface area (Å²) < 4.78 is 2.09. The number of benzene rings is 1. The largest absolute Gasteiger partial charge is 0.330 e. The molecule has 0 saturated carbocycles. The molecule has 0 amide bonds. The molecule has 0 spiro atoms. The fourth-order valence-corrected chi connectivity index (χ4v) is 2.85. The monoisotopic (exact) mass is 257 g/mol. The quantitative estimate of drug-likeness (QED) is 0.915. The highest BCUT2D eigenvalue weighted by atomic mass is 15.3. The summed E-state index contributed by atoms with van der Waals surface area (Å²) in [7, 11) is 0. The molecule has 19 heavy (non-hydrogen) atoms. The van der Waals surface area contributed by atoms with Crippen LogP contribution >= 0.6 is 0 Å². The SMILES string of the molecule is CCc1c(CCN)cnn1-c1c(C)cc(C)cc1C. The Hall–Kier alpha value is -1.61. The molecule has 3 nitrogen and oxygen atoms in total. The third kappa shape index (κ3) is 2.56. The number of aryl methyl sites for hydroxylation is 3. The summed E-state index contributed by atoms with van der Waals surface area (Å²) in [5, 5.41) is 4.59. The van der Waals surface area contributed by atoms with E-state index in [9.17, 15) is 0 Å². The maximum atomic E-state index is 5.67. The lowest BCUT2D eigenvalue weighted by Crippen LogP contribution is -2.09. The molecule has 3 heteroatoms. The van der Waals surface area contributed by atoms with Crippen molar-refractivity contribution in [2.45, 2.75) is 40.5 Å². The van der Waals surface area contributed by atoms with Crippen LogP contribution < -0.4 is 5.73 Å². The van der Waals surface area contributed by atoms with Gasteiger partial charge in [-0.2, -0.15) is 5.10 Å². The molecule has 0 radical (unpaired) electrons. The number of rotatable bonds is 4. The van der Waals surface area contributed by atoms with Gasteiger partial charge in [0.05, 0.1) is 11.9 Å². The zero-order valence-electron chi connectivity index (χ0n) is 12.3. The Morgan fingerprint density at radius 2 is 1.79 bits per heavy atom. The molecule has 0 bridgehead atoms. The molecule has 1 heterocycles. The molecule has 0 unspecified atom stereocenters. The molecule has 0 aliphatic rings. The molecule has 1 aromatic carbocycles. The van der Waals surface area contributed by atoms with Crippen LogP contribution in [-0.4, -0.2) is 16.3 Å². The van der Waals surface area contributed by atoms with Gasteiger partial charge in [-0.25, -0.2) is 4.68 Å². The Morgan fingerprint density at radius 1 is 1.16 bits per heavy atom. The van der Waals surface area contributed by atoms with E-state index in [-0.39, 0.29) is 0 Å². The number of nitrogens with two attached hydrogens (primary N) is 1. The Kier molecular flexibility index (Phi) is 4.05. The molecule has 2 aromatic rings. The predicted octanol–water partition coefficient (Wildman–Crippen LogP) is 2.86. The van der Waals surface area contributed by atoms with Gasteiger partial charge in [-0.3, -0.25) is 0 Å². The first kappa shape index (κ1) is 13.8. The first-order chi connectivity index (χ1) is 9.08. The second kappa shape index (κ2) is 5.57. The highest BCUT2D eigenvalue weighted by Gasteiger charge is 2.13. The van der Waals surface area contributed by atoms with Crippen molar-refractivity contribution in [1.29, 1.82) is 0 Å². The van der Waals surface area contributed by atoms with Crippen LogP contribution in [0.1, 0.15) is 34.9 Å². The summed E-state index contributed by atoms with van der Waals surface area (Å²) in [5.41, 5.74) is 13.3. The van der Waals surface area contributed by atoms with E-state index >= 15 is 0 Å². The third-order valence-electron chi connectivity index (χ3n) is 3.55. The molecule has 2 rings (SSSR count). The fraction of sp³-hybridized carbons (Fsp3) is 0.438. The molecule has 0 aliphatic heterocycles. The highest BCUT2D eigenvalue weighted by Crippen LogP contribution is 2.23. The minimum atomic E-state index is 0.671. The molecule has 102 valence electrons. The third-order valence-corrected chi connectivity index (χ3v) is 3.55. The van der Waals surface area contributed by atoms with Crippen LogP contribution in [0.3, 0.4) is 0 Å². The van der Waals surface area contributed by atoms with Crippen molar-refractivity contribution in [1.82, 2.24) is 9.78 Å². The molecule has 0 aliphatic carbocycles. The summed E-state index contributed by atoms with van der Waals surface area (Å²) in [5.74, 6) is 0. The van der Waals surface area contributed by atoms with E-state index in [1.807, 2.05) is 6.20 Å². The zero-order valence-corrected chi connectivity index (χ0v) is 12.3. The van der Waals surface area contributed by atoms with Crippen molar-refractivity contribution in [2.24, 2.45) is 5.73 Å². The van der Waals surface area contributed by atoms with Gasteiger partial charge in [-0.05, 0) is 56.8 Å². The first-order valence-electron chi connectivity index (χ1n) is 6.92. The topological polar surface area (TPSA) is 43.8 Å². The van der Waals surface area contributed by atoms with Gasteiger partial charge in [0, 0.05) is 5.69 Å². The van der Waals surface area contributed by atoms with Gasteiger partial charge in [0.25, 0.3) is 0 Å². The maximum absolute atomic E-state index is 5.67. The summed E-state index contributed by atoms with van der Waals surface area (Å²) in [4.78, 5) is 0. The van der Waals surface area contributed by atoms with Gasteiger partial charge in [-0.1, -0.05) is 24.6 Å². The lowest BCUT2D eigenvalue weighted by molar-refractivity contribution is 0.795. The zero-order chi connectivity index (χ0) is 14.0. The van der Waals surface area contributed by atoms with Crippen LogP contribution in [0.2, 0.25) is 0 Å². The van der Waals surface area contributed by atoms with Crippen LogP contribution in [0.15, 0.2) is 18.3 Å². The molecule has 1 aromatic heterocycles. The standard InChI is InChI=1S/C16H23N3/c1-5-15-14(6-7-17)10-18-19(15)16-12(3)8-11(2)9-13(16)4/h8-10H,5-7,17H2,1-4H3. The van der Waals surface area contributed by atoms with Gasteiger partial charge >= 0.3 is 0 Å². The number of hydrogen-bond donors (Lipinski definition) is 1. The molecule has 0 saturated heterocycles. The fourth-order valence-electron chi connectivity index (χ4n) is 2.85. The van der Waals surface area contributed by atoms with Crippen LogP contribution in [-0.2, 0) is 12.8 Å². The van der Waals surface area contributed by atoms with E-state index in [4.69, 9.17) is 5.73 Å². The average molecular weight is 257 g/mol. The van der Waals surface area contributed by atoms with Crippen molar-refractivity contribution in [3.05, 3.63) is 46.3 Å². The lowest BCUT2D eigenvalue weighted by Gasteiger charge is -2.14. The van der Waals surface area contributed by atoms with Crippen LogP contribution in [0.25, 0.3) is 5.69 Å². The van der Waals surface area contributed by atoms with Crippen molar-refractivity contribution in [2.75, 3.05) is 6.54 Å². The van der Waals surface area contributed by atoms with E-state index in [1.54, 1.807) is 0 Å². The number of hydrogen-bond acceptors (Lipinski definition) is 2. The Labute approximate surface area is 115 Å². The van der Waals surface area contributed by atoms with Crippen LogP contribution in [0, 0.1) is 20.8 Å². The minimum absolute atomic E-state index is 0.671. The smallest absolute Gasteiger partial charge is 0.0707 e. The van der Waals surface area contributed by atoms with E-state index in [0.29, 0.717) is 6.54 Å². The summed E-state index contributed by atoms with van der Waals surface area (Å²) >= 11 is 0. The normalized spacial score (nSPS) is 11.0. The molecular weight excluding hydrogens is 234 g/mol. The van der Waals surface area contributed by atoms with Crippen LogP contribution in [0.5, 0.6) is 0 Å². The van der Waals surface area contributed by atoms with Gasteiger partial charge in [0.1, 0.15) is 0 Å². The van der Waals surface area contributed by atoms with Crippen molar-refractivity contribution < 1.29 is 0 Å².